The number of esters is 1. The number of ether oxygens (including phenoxy) is 3. The summed E-state index contributed by atoms with van der Waals surface area (Å²) < 4.78 is 35.6. The van der Waals surface area contributed by atoms with Crippen molar-refractivity contribution < 1.29 is 48.0 Å². The number of allylic oxidation sites excluding steroid dienone is 4. The third kappa shape index (κ3) is 3.70. The van der Waals surface area contributed by atoms with E-state index in [0.717, 1.165) is 0 Å². The largest absolute Gasteiger partial charge is 0.478 e. The number of hydrogen-bond donors (Lipinski definition) is 2. The van der Waals surface area contributed by atoms with Crippen LogP contribution < -0.4 is 0 Å². The van der Waals surface area contributed by atoms with Gasteiger partial charge in [-0.15, -0.1) is 0 Å². The minimum absolute atomic E-state index is 0.00214. The second-order valence-corrected chi connectivity index (χ2v) is 13.2. The molecule has 1 aromatic carbocycles. The molecule has 0 spiro atoms. The first-order valence-corrected chi connectivity index (χ1v) is 14.3. The Morgan fingerprint density at radius 3 is 2.40 bits per heavy atom. The highest BCUT2D eigenvalue weighted by Gasteiger charge is 2.80. The number of Topliss-reactive ketones (excluding diaryl/α,β-unsaturated/α-hetero) is 1. The molecule has 1 aromatic rings. The van der Waals surface area contributed by atoms with Crippen LogP contribution in [0.15, 0.2) is 48.1 Å². The topological polar surface area (TPSA) is 136 Å². The summed E-state index contributed by atoms with van der Waals surface area (Å²) >= 11 is 0. The second kappa shape index (κ2) is 9.14. The molecule has 0 aromatic heterocycles. The van der Waals surface area contributed by atoms with Crippen molar-refractivity contribution in [2.75, 3.05) is 6.61 Å². The molecule has 42 heavy (non-hydrogen) atoms. The Labute approximate surface area is 242 Å². The Morgan fingerprint density at radius 1 is 1.07 bits per heavy atom. The van der Waals surface area contributed by atoms with Gasteiger partial charge in [-0.3, -0.25) is 9.59 Å². The van der Waals surface area contributed by atoms with E-state index in [9.17, 15) is 24.3 Å². The molecule has 5 aliphatic rings. The van der Waals surface area contributed by atoms with Crippen LogP contribution in [0.5, 0.6) is 0 Å². The molecule has 224 valence electrons. The maximum Gasteiger partial charge on any atom is 0.338 e. The van der Waals surface area contributed by atoms with Crippen molar-refractivity contribution in [1.82, 2.24) is 0 Å². The van der Waals surface area contributed by atoms with Gasteiger partial charge in [0.15, 0.2) is 29.4 Å². The van der Waals surface area contributed by atoms with E-state index in [1.807, 2.05) is 6.92 Å². The molecular weight excluding hydrogens is 547 g/mol. The van der Waals surface area contributed by atoms with Crippen LogP contribution in [0.4, 0.5) is 4.39 Å². The first-order valence-electron chi connectivity index (χ1n) is 14.3. The van der Waals surface area contributed by atoms with Crippen LogP contribution in [0.2, 0.25) is 0 Å². The van der Waals surface area contributed by atoms with Gasteiger partial charge < -0.3 is 24.4 Å². The van der Waals surface area contributed by atoms with Crippen molar-refractivity contribution in [3.8, 4) is 0 Å². The smallest absolute Gasteiger partial charge is 0.338 e. The second-order valence-electron chi connectivity index (χ2n) is 13.2. The van der Waals surface area contributed by atoms with Crippen molar-refractivity contribution in [1.29, 1.82) is 0 Å². The van der Waals surface area contributed by atoms with E-state index in [1.54, 1.807) is 26.8 Å². The number of aliphatic hydroxyl groups is 1. The maximum atomic E-state index is 17.5. The monoisotopic (exact) mass is 582 g/mol. The Hall–Kier alpha value is -3.21. The van der Waals surface area contributed by atoms with E-state index in [4.69, 9.17) is 19.3 Å². The molecule has 1 saturated heterocycles. The first-order chi connectivity index (χ1) is 19.6. The summed E-state index contributed by atoms with van der Waals surface area (Å²) in [6.45, 7) is 6.30. The first kappa shape index (κ1) is 28.9. The van der Waals surface area contributed by atoms with Gasteiger partial charge in [0, 0.05) is 16.7 Å². The van der Waals surface area contributed by atoms with Crippen molar-refractivity contribution in [3.63, 3.8) is 0 Å². The molecule has 0 unspecified atom stereocenters. The summed E-state index contributed by atoms with van der Waals surface area (Å²) in [5.41, 5.74) is -5.16. The Bertz CT molecular complexity index is 1450. The molecule has 1 aliphatic heterocycles. The van der Waals surface area contributed by atoms with E-state index in [-0.39, 0.29) is 23.3 Å². The van der Waals surface area contributed by atoms with E-state index in [0.29, 0.717) is 24.8 Å². The summed E-state index contributed by atoms with van der Waals surface area (Å²) in [4.78, 5) is 50.2. The van der Waals surface area contributed by atoms with Gasteiger partial charge in [0.1, 0.15) is 0 Å². The molecule has 4 aliphatic carbocycles. The van der Waals surface area contributed by atoms with E-state index in [2.05, 4.69) is 0 Å². The average molecular weight is 583 g/mol. The number of ketones is 2. The molecule has 0 amide bonds. The molecule has 6 rings (SSSR count). The summed E-state index contributed by atoms with van der Waals surface area (Å²) in [6.07, 6.45) is 3.28. The number of carboxylic acids is 1. The Balaban J connectivity index is 1.32. The van der Waals surface area contributed by atoms with Crippen molar-refractivity contribution in [2.45, 2.75) is 82.6 Å². The van der Waals surface area contributed by atoms with E-state index in [1.165, 1.54) is 36.4 Å². The van der Waals surface area contributed by atoms with Crippen LogP contribution in [0.3, 0.4) is 0 Å². The highest BCUT2D eigenvalue weighted by molar-refractivity contribution is 6.01. The third-order valence-corrected chi connectivity index (χ3v) is 10.8. The van der Waals surface area contributed by atoms with Crippen LogP contribution in [-0.4, -0.2) is 69.6 Å². The zero-order valence-corrected chi connectivity index (χ0v) is 24.0. The van der Waals surface area contributed by atoms with Gasteiger partial charge in [0.05, 0.1) is 23.3 Å². The van der Waals surface area contributed by atoms with Crippen LogP contribution in [0, 0.1) is 22.7 Å². The lowest BCUT2D eigenvalue weighted by molar-refractivity contribution is -0.246. The standard InChI is InChI=1S/C32H35FO9/c1-28(2)41-25-14-22-21-10-9-19-13-20(34)11-12-29(19,3)31(21,33)23(35)15-30(22,4)32(25,42-28)24(36)16-40-27(39)18-7-5-17(6-8-18)26(37)38/h5-8,11-13,21-23,25,35H,9-10,14-16H2,1-4H3,(H,37,38)/t21-,22-,23-,25+,29-,30-,31-,32+/m0/s1. The number of carboxylic acid groups (broad SMARTS) is 1. The van der Waals surface area contributed by atoms with Crippen LogP contribution in [0.25, 0.3) is 0 Å². The molecule has 0 radical (unpaired) electrons. The predicted octanol–water partition coefficient (Wildman–Crippen LogP) is 3.98. The molecular formula is C32H35FO9. The molecule has 4 fully saturated rings. The normalized spacial score (nSPS) is 41.2. The van der Waals surface area contributed by atoms with Crippen molar-refractivity contribution in [2.24, 2.45) is 22.7 Å². The molecule has 0 bridgehead atoms. The summed E-state index contributed by atoms with van der Waals surface area (Å²) in [6, 6.07) is 5.15. The maximum absolute atomic E-state index is 17.5. The highest BCUT2D eigenvalue weighted by atomic mass is 19.1. The summed E-state index contributed by atoms with van der Waals surface area (Å²) in [5.74, 6) is -4.89. The molecule has 9 nitrogen and oxygen atoms in total. The van der Waals surface area contributed by atoms with Crippen LogP contribution >= 0.6 is 0 Å². The number of aliphatic hydroxyl groups excluding tert-OH is 1. The van der Waals surface area contributed by atoms with Gasteiger partial charge in [-0.2, -0.15) is 0 Å². The molecule has 10 heteroatoms. The summed E-state index contributed by atoms with van der Waals surface area (Å²) in [7, 11) is 0. The number of carbonyl (C=O) groups excluding carboxylic acids is 3. The molecule has 8 atom stereocenters. The van der Waals surface area contributed by atoms with E-state index >= 15 is 4.39 Å². The number of aromatic carboxylic acids is 1. The lowest BCUT2D eigenvalue weighted by Crippen LogP contribution is -2.70. The minimum Gasteiger partial charge on any atom is -0.478 e. The SMILES string of the molecule is CC1(C)O[C@@H]2C[C@H]3[C@@H]4CCC5=CC(=O)C=C[C@]5(C)[C@@]4(F)[C@@H](O)C[C@]3(C)[C@]2(C(=O)COC(=O)c2ccc(C(=O)O)cc2)O1. The van der Waals surface area contributed by atoms with Crippen LogP contribution in [0.1, 0.15) is 74.1 Å². The number of hydrogen-bond acceptors (Lipinski definition) is 8. The molecule has 3 saturated carbocycles. The fourth-order valence-corrected chi connectivity index (χ4v) is 8.88. The van der Waals surface area contributed by atoms with Crippen LogP contribution in [-0.2, 0) is 23.8 Å². The highest BCUT2D eigenvalue weighted by Crippen LogP contribution is 2.72. The van der Waals surface area contributed by atoms with Gasteiger partial charge in [-0.1, -0.05) is 18.6 Å². The minimum atomic E-state index is -2.08. The van der Waals surface area contributed by atoms with Gasteiger partial charge in [-0.25, -0.2) is 14.0 Å². The third-order valence-electron chi connectivity index (χ3n) is 10.8. The van der Waals surface area contributed by atoms with Gasteiger partial charge in [0.2, 0.25) is 5.78 Å². The number of carbonyl (C=O) groups is 4. The van der Waals surface area contributed by atoms with Gasteiger partial charge >= 0.3 is 11.9 Å². The van der Waals surface area contributed by atoms with Gasteiger partial charge in [-0.05, 0) is 88.8 Å². The number of rotatable bonds is 5. The predicted molar refractivity (Wildman–Crippen MR) is 145 cm³/mol. The fourth-order valence-electron chi connectivity index (χ4n) is 8.88. The molecule has 1 heterocycles. The zero-order valence-electron chi connectivity index (χ0n) is 24.0. The lowest BCUT2D eigenvalue weighted by atomic mass is 9.44. The van der Waals surface area contributed by atoms with E-state index < -0.39 is 76.3 Å². The number of alkyl halides is 1. The van der Waals surface area contributed by atoms with Crippen molar-refractivity contribution in [3.05, 3.63) is 59.2 Å². The lowest BCUT2D eigenvalue weighted by Gasteiger charge is -2.62. The van der Waals surface area contributed by atoms with Gasteiger partial charge in [0.25, 0.3) is 0 Å². The number of halogens is 1. The Morgan fingerprint density at radius 2 is 1.74 bits per heavy atom. The quantitative estimate of drug-likeness (QED) is 0.494. The fraction of sp³-hybridized carbons (Fsp3) is 0.562. The Kier molecular flexibility index (Phi) is 6.29. The summed E-state index contributed by atoms with van der Waals surface area (Å²) in [5, 5.41) is 20.8. The molecule has 2 N–H and O–H groups in total. The number of benzene rings is 1. The number of fused-ring (bicyclic) bond motifs is 7. The van der Waals surface area contributed by atoms with Crippen molar-refractivity contribution >= 4 is 23.5 Å². The average Bonchev–Trinajstić information content (AvgIpc) is 3.34. The zero-order chi connectivity index (χ0) is 30.5.